The van der Waals surface area contributed by atoms with Crippen LogP contribution >= 0.6 is 11.3 Å². The summed E-state index contributed by atoms with van der Waals surface area (Å²) in [5.74, 6) is -0.151. The molecule has 0 radical (unpaired) electrons. The lowest BCUT2D eigenvalue weighted by Gasteiger charge is -2.35. The van der Waals surface area contributed by atoms with Gasteiger partial charge in [0.15, 0.2) is 6.10 Å². The molecule has 1 aliphatic rings. The number of carbonyl (C=O) groups excluding carboxylic acids is 3. The van der Waals surface area contributed by atoms with Crippen molar-refractivity contribution in [3.8, 4) is 0 Å². The molecule has 1 aromatic heterocycles. The second kappa shape index (κ2) is 8.87. The minimum absolute atomic E-state index is 0.113. The summed E-state index contributed by atoms with van der Waals surface area (Å²) < 4.78 is 5.42. The first kappa shape index (κ1) is 21.4. The highest BCUT2D eigenvalue weighted by atomic mass is 32.1. The van der Waals surface area contributed by atoms with Crippen molar-refractivity contribution in [3.05, 3.63) is 16.0 Å². The molecule has 0 unspecified atom stereocenters. The summed E-state index contributed by atoms with van der Waals surface area (Å²) in [5.41, 5.74) is 1.09. The summed E-state index contributed by atoms with van der Waals surface area (Å²) in [5, 5.41) is 6.17. The molecule has 1 heterocycles. The Kier molecular flexibility index (Phi) is 7.03. The van der Waals surface area contributed by atoms with E-state index in [-0.39, 0.29) is 17.9 Å². The number of nitrogens with one attached hydrogen (secondary N) is 2. The Hall–Kier alpha value is -1.89. The van der Waals surface area contributed by atoms with E-state index in [2.05, 4.69) is 24.5 Å². The first-order valence-corrected chi connectivity index (χ1v) is 10.3. The maximum atomic E-state index is 12.7. The zero-order chi connectivity index (χ0) is 20.3. The second-order valence-corrected chi connectivity index (χ2v) is 8.82. The zero-order valence-electron chi connectivity index (χ0n) is 17.0. The number of ether oxygens (including phenoxy) is 1. The Bertz CT molecular complexity index is 728. The van der Waals surface area contributed by atoms with Gasteiger partial charge in [0.1, 0.15) is 5.00 Å². The quantitative estimate of drug-likeness (QED) is 0.744. The fraction of sp³-hybridized carbons (Fsp3) is 0.650. The number of rotatable bonds is 5. The Morgan fingerprint density at radius 2 is 1.85 bits per heavy atom. The van der Waals surface area contributed by atoms with Gasteiger partial charge in [0.25, 0.3) is 5.91 Å². The maximum absolute atomic E-state index is 12.7. The smallest absolute Gasteiger partial charge is 0.342 e. The lowest BCUT2D eigenvalue weighted by molar-refractivity contribution is -0.130. The average molecular weight is 395 g/mol. The topological polar surface area (TPSA) is 84.5 Å². The SMILES string of the molecule is CC(=O)Nc1sc(C)c(C)c1C(=O)O[C@H](C)C(=O)N[C@H]1CCC[C@H](C)[C@H]1C. The van der Waals surface area contributed by atoms with Crippen LogP contribution in [0.2, 0.25) is 0 Å². The average Bonchev–Trinajstić information content (AvgIpc) is 2.85. The fourth-order valence-electron chi connectivity index (χ4n) is 3.48. The van der Waals surface area contributed by atoms with Gasteiger partial charge in [0.2, 0.25) is 5.91 Å². The van der Waals surface area contributed by atoms with E-state index in [0.717, 1.165) is 23.3 Å². The van der Waals surface area contributed by atoms with Crippen molar-refractivity contribution in [2.24, 2.45) is 11.8 Å². The van der Waals surface area contributed by atoms with Gasteiger partial charge in [0, 0.05) is 17.8 Å². The van der Waals surface area contributed by atoms with Crippen LogP contribution in [0.5, 0.6) is 0 Å². The van der Waals surface area contributed by atoms with Gasteiger partial charge >= 0.3 is 5.97 Å². The highest BCUT2D eigenvalue weighted by Crippen LogP contribution is 2.33. The summed E-state index contributed by atoms with van der Waals surface area (Å²) in [6.45, 7) is 11.0. The van der Waals surface area contributed by atoms with Crippen LogP contribution in [0.25, 0.3) is 0 Å². The van der Waals surface area contributed by atoms with E-state index >= 15 is 0 Å². The van der Waals surface area contributed by atoms with Crippen LogP contribution in [0.4, 0.5) is 5.00 Å². The van der Waals surface area contributed by atoms with Crippen LogP contribution < -0.4 is 10.6 Å². The van der Waals surface area contributed by atoms with Crippen molar-refractivity contribution >= 4 is 34.1 Å². The standard InChI is InChI=1S/C20H30N2O4S/c1-10-8-7-9-16(11(10)2)22-18(24)13(4)26-20(25)17-12(3)14(5)27-19(17)21-15(6)23/h10-11,13,16H,7-9H2,1-6H3,(H,21,23)(H,22,24)/t10-,11+,13+,16-/m0/s1. The third kappa shape index (κ3) is 5.09. The van der Waals surface area contributed by atoms with Crippen LogP contribution in [-0.2, 0) is 14.3 Å². The molecule has 4 atom stereocenters. The van der Waals surface area contributed by atoms with E-state index in [1.165, 1.54) is 24.7 Å². The molecule has 1 saturated carbocycles. The number of aryl methyl sites for hydroxylation is 1. The second-order valence-electron chi connectivity index (χ2n) is 7.60. The molecule has 0 aliphatic heterocycles. The van der Waals surface area contributed by atoms with E-state index in [4.69, 9.17) is 4.74 Å². The monoisotopic (exact) mass is 394 g/mol. The summed E-state index contributed by atoms with van der Waals surface area (Å²) in [6.07, 6.45) is 2.33. The van der Waals surface area contributed by atoms with Crippen molar-refractivity contribution in [2.75, 3.05) is 5.32 Å². The fourth-order valence-corrected chi connectivity index (χ4v) is 4.57. The van der Waals surface area contributed by atoms with Crippen molar-refractivity contribution in [3.63, 3.8) is 0 Å². The molecule has 27 heavy (non-hydrogen) atoms. The molecule has 1 aromatic rings. The van der Waals surface area contributed by atoms with Gasteiger partial charge in [-0.3, -0.25) is 9.59 Å². The van der Waals surface area contributed by atoms with Gasteiger partial charge in [0.05, 0.1) is 5.56 Å². The first-order valence-electron chi connectivity index (χ1n) is 9.50. The molecule has 0 spiro atoms. The highest BCUT2D eigenvalue weighted by molar-refractivity contribution is 7.16. The molecule has 2 N–H and O–H groups in total. The van der Waals surface area contributed by atoms with Gasteiger partial charge in [-0.1, -0.05) is 26.7 Å². The number of esters is 1. The highest BCUT2D eigenvalue weighted by Gasteiger charge is 2.31. The van der Waals surface area contributed by atoms with Crippen molar-refractivity contribution in [2.45, 2.75) is 73.0 Å². The van der Waals surface area contributed by atoms with Crippen molar-refractivity contribution in [1.82, 2.24) is 5.32 Å². The van der Waals surface area contributed by atoms with Gasteiger partial charge in [-0.15, -0.1) is 11.3 Å². The molecule has 1 aliphatic carbocycles. The van der Waals surface area contributed by atoms with Crippen molar-refractivity contribution in [1.29, 1.82) is 0 Å². The predicted octanol–water partition coefficient (Wildman–Crippen LogP) is 3.81. The molecule has 150 valence electrons. The van der Waals surface area contributed by atoms with Gasteiger partial charge in [-0.2, -0.15) is 0 Å². The Labute approximate surface area is 165 Å². The Morgan fingerprint density at radius 3 is 2.48 bits per heavy atom. The number of hydrogen-bond donors (Lipinski definition) is 2. The van der Waals surface area contributed by atoms with Crippen LogP contribution in [0.15, 0.2) is 0 Å². The molecule has 2 rings (SSSR count). The molecule has 2 amide bonds. The summed E-state index contributed by atoms with van der Waals surface area (Å²) >= 11 is 1.33. The van der Waals surface area contributed by atoms with Crippen LogP contribution in [0.3, 0.4) is 0 Å². The Balaban J connectivity index is 2.05. The molecule has 0 aromatic carbocycles. The molecule has 0 saturated heterocycles. The number of amides is 2. The van der Waals surface area contributed by atoms with E-state index in [1.54, 1.807) is 6.92 Å². The van der Waals surface area contributed by atoms with Crippen LogP contribution in [0.1, 0.15) is 67.8 Å². The number of carbonyl (C=O) groups is 3. The third-order valence-corrected chi connectivity index (χ3v) is 6.69. The van der Waals surface area contributed by atoms with Crippen LogP contribution in [0, 0.1) is 25.7 Å². The van der Waals surface area contributed by atoms with E-state index < -0.39 is 12.1 Å². The summed E-state index contributed by atoms with van der Waals surface area (Å²) in [4.78, 5) is 37.5. The number of anilines is 1. The van der Waals surface area contributed by atoms with Crippen molar-refractivity contribution < 1.29 is 19.1 Å². The van der Waals surface area contributed by atoms with E-state index in [0.29, 0.717) is 22.4 Å². The lowest BCUT2D eigenvalue weighted by Crippen LogP contribution is -2.47. The minimum Gasteiger partial charge on any atom is -0.449 e. The van der Waals surface area contributed by atoms with E-state index in [1.807, 2.05) is 13.8 Å². The molecule has 6 nitrogen and oxygen atoms in total. The molecule has 7 heteroatoms. The zero-order valence-corrected chi connectivity index (χ0v) is 17.8. The molecule has 0 bridgehead atoms. The van der Waals surface area contributed by atoms with Gasteiger partial charge in [-0.05, 0) is 44.6 Å². The number of thiophene rings is 1. The van der Waals surface area contributed by atoms with E-state index in [9.17, 15) is 14.4 Å². The summed E-state index contributed by atoms with van der Waals surface area (Å²) in [6, 6.07) is 0.113. The molecular weight excluding hydrogens is 364 g/mol. The third-order valence-electron chi connectivity index (χ3n) is 5.57. The van der Waals surface area contributed by atoms with Gasteiger partial charge in [-0.25, -0.2) is 4.79 Å². The summed E-state index contributed by atoms with van der Waals surface area (Å²) in [7, 11) is 0. The predicted molar refractivity (Wildman–Crippen MR) is 107 cm³/mol. The van der Waals surface area contributed by atoms with Crippen LogP contribution in [-0.4, -0.2) is 29.9 Å². The number of hydrogen-bond acceptors (Lipinski definition) is 5. The van der Waals surface area contributed by atoms with Gasteiger partial charge < -0.3 is 15.4 Å². The lowest BCUT2D eigenvalue weighted by atomic mass is 9.78. The largest absolute Gasteiger partial charge is 0.449 e. The minimum atomic E-state index is -0.897. The molecule has 1 fully saturated rings. The first-order chi connectivity index (χ1) is 12.6. The molecular formula is C20H30N2O4S. The normalized spacial score (nSPS) is 23.4. The Morgan fingerprint density at radius 1 is 1.19 bits per heavy atom. The maximum Gasteiger partial charge on any atom is 0.342 e.